The molecule has 0 aromatic heterocycles. The summed E-state index contributed by atoms with van der Waals surface area (Å²) < 4.78 is 72.4. The fourth-order valence-corrected chi connectivity index (χ4v) is 6.62. The first-order valence-electron chi connectivity index (χ1n) is 10.4. The molecule has 1 saturated heterocycles. The molecular weight excluding hydrogens is 451 g/mol. The Kier molecular flexibility index (Phi) is 4.55. The second kappa shape index (κ2) is 6.71. The highest BCUT2D eigenvalue weighted by Gasteiger charge is 2.73. The standard InChI is InChI=1S/C21H22F3NO6S/c1-2-3-9-25-10-8-19-16-12-4-5-14(31-32(28,29)21(22,23)24)17(16)30-18(19)13(26)6-7-20(19,27)15(25)11-12/h2,4-5,15,18,27H,1,3,6-11H2/t15-,18+,19+,20-/m1/s1. The number of carbonyl (C=O) groups excluding carboxylic acids is 1. The molecule has 4 aliphatic rings. The molecule has 0 amide bonds. The quantitative estimate of drug-likeness (QED) is 0.398. The minimum Gasteiger partial charge on any atom is -0.477 e. The van der Waals surface area contributed by atoms with Crippen molar-refractivity contribution in [2.24, 2.45) is 0 Å². The second-order valence-corrected chi connectivity index (χ2v) is 10.4. The van der Waals surface area contributed by atoms with Crippen molar-refractivity contribution in [3.8, 4) is 11.5 Å². The summed E-state index contributed by atoms with van der Waals surface area (Å²) in [5, 5.41) is 12.0. The van der Waals surface area contributed by atoms with E-state index in [0.29, 0.717) is 37.1 Å². The normalized spacial score (nSPS) is 33.4. The zero-order chi connectivity index (χ0) is 23.1. The molecule has 1 N–H and O–H groups in total. The molecule has 7 nitrogen and oxygen atoms in total. The SMILES string of the molecule is C=CCCN1CC[C@]23c4c5ccc(OS(=O)(=O)C(F)(F)F)c4O[C@H]2C(=O)CC[C@@]3(O)[C@H]1C5. The average Bonchev–Trinajstić information content (AvgIpc) is 3.06. The third-order valence-corrected chi connectivity index (χ3v) is 8.42. The van der Waals surface area contributed by atoms with Gasteiger partial charge < -0.3 is 14.0 Å². The Labute approximate surface area is 182 Å². The van der Waals surface area contributed by atoms with E-state index in [1.165, 1.54) is 6.07 Å². The van der Waals surface area contributed by atoms with Gasteiger partial charge in [0.1, 0.15) is 0 Å². The van der Waals surface area contributed by atoms with Crippen LogP contribution in [0.1, 0.15) is 36.8 Å². The molecule has 1 saturated carbocycles. The van der Waals surface area contributed by atoms with E-state index in [4.69, 9.17) is 4.74 Å². The summed E-state index contributed by atoms with van der Waals surface area (Å²) in [5.74, 6) is -1.07. The van der Waals surface area contributed by atoms with E-state index >= 15 is 0 Å². The van der Waals surface area contributed by atoms with Crippen LogP contribution in [0, 0.1) is 0 Å². The summed E-state index contributed by atoms with van der Waals surface area (Å²) in [7, 11) is -5.93. The Bertz CT molecular complexity index is 1120. The average molecular weight is 473 g/mol. The number of alkyl halides is 3. The first kappa shape index (κ1) is 21.7. The largest absolute Gasteiger partial charge is 0.534 e. The highest BCUT2D eigenvalue weighted by Crippen LogP contribution is 2.65. The number of ether oxygens (including phenoxy) is 1. The number of rotatable bonds is 5. The molecule has 2 heterocycles. The van der Waals surface area contributed by atoms with Gasteiger partial charge in [0.2, 0.25) is 0 Å². The van der Waals surface area contributed by atoms with Gasteiger partial charge in [-0.05, 0) is 43.9 Å². The van der Waals surface area contributed by atoms with Crippen molar-refractivity contribution in [3.05, 3.63) is 35.9 Å². The lowest BCUT2D eigenvalue weighted by Crippen LogP contribution is -2.76. The van der Waals surface area contributed by atoms with Gasteiger partial charge in [-0.15, -0.1) is 6.58 Å². The first-order chi connectivity index (χ1) is 15.0. The number of hydrogen-bond donors (Lipinski definition) is 1. The third kappa shape index (κ3) is 2.61. The first-order valence-corrected chi connectivity index (χ1v) is 11.8. The number of carbonyl (C=O) groups is 1. The Morgan fingerprint density at radius 2 is 2.09 bits per heavy atom. The highest BCUT2D eigenvalue weighted by atomic mass is 32.2. The zero-order valence-electron chi connectivity index (χ0n) is 17.0. The summed E-state index contributed by atoms with van der Waals surface area (Å²) in [6.45, 7) is 4.98. The molecule has 1 spiro atoms. The molecule has 1 aromatic rings. The predicted octanol–water partition coefficient (Wildman–Crippen LogP) is 2.21. The molecule has 0 unspecified atom stereocenters. The van der Waals surface area contributed by atoms with E-state index in [1.54, 1.807) is 6.08 Å². The van der Waals surface area contributed by atoms with Gasteiger partial charge in [0, 0.05) is 24.6 Å². The Morgan fingerprint density at radius 3 is 2.78 bits per heavy atom. The molecule has 11 heteroatoms. The topological polar surface area (TPSA) is 93.1 Å². The van der Waals surface area contributed by atoms with Crippen molar-refractivity contribution < 1.29 is 40.4 Å². The van der Waals surface area contributed by atoms with Crippen LogP contribution in [0.5, 0.6) is 11.5 Å². The number of aliphatic hydroxyl groups is 1. The number of halogens is 3. The van der Waals surface area contributed by atoms with E-state index in [-0.39, 0.29) is 30.4 Å². The number of ketones is 1. The maximum absolute atomic E-state index is 12.9. The molecule has 1 aromatic carbocycles. The van der Waals surface area contributed by atoms with Gasteiger partial charge in [0.05, 0.1) is 11.0 Å². The molecule has 174 valence electrons. The summed E-state index contributed by atoms with van der Waals surface area (Å²) in [4.78, 5) is 15.0. The summed E-state index contributed by atoms with van der Waals surface area (Å²) in [6.07, 6.45) is 2.43. The Hall–Kier alpha value is -2.11. The van der Waals surface area contributed by atoms with E-state index in [2.05, 4.69) is 15.7 Å². The lowest BCUT2D eigenvalue weighted by Gasteiger charge is -2.62. The fourth-order valence-electron chi connectivity index (χ4n) is 6.16. The molecule has 4 atom stereocenters. The molecule has 2 aliphatic heterocycles. The van der Waals surface area contributed by atoms with Crippen molar-refractivity contribution >= 4 is 15.9 Å². The van der Waals surface area contributed by atoms with E-state index in [9.17, 15) is 31.5 Å². The number of piperidine rings is 1. The molecule has 2 fully saturated rings. The van der Waals surface area contributed by atoms with E-state index in [0.717, 1.165) is 12.5 Å². The van der Waals surface area contributed by atoms with Gasteiger partial charge in [-0.3, -0.25) is 9.69 Å². The summed E-state index contributed by atoms with van der Waals surface area (Å²) in [5.41, 5.74) is -6.98. The van der Waals surface area contributed by atoms with Crippen LogP contribution in [0.15, 0.2) is 24.8 Å². The lowest BCUT2D eigenvalue weighted by atomic mass is 9.49. The maximum Gasteiger partial charge on any atom is 0.534 e. The maximum atomic E-state index is 12.9. The number of Topliss-reactive ketones (excluding diaryl/α,β-unsaturated/α-hetero) is 1. The smallest absolute Gasteiger partial charge is 0.477 e. The van der Waals surface area contributed by atoms with Crippen LogP contribution in [-0.2, 0) is 26.7 Å². The molecule has 32 heavy (non-hydrogen) atoms. The number of benzene rings is 1. The Balaban J connectivity index is 1.67. The minimum atomic E-state index is -5.93. The zero-order valence-corrected chi connectivity index (χ0v) is 17.8. The van der Waals surface area contributed by atoms with Crippen molar-refractivity contribution in [3.63, 3.8) is 0 Å². The molecule has 5 rings (SSSR count). The van der Waals surface area contributed by atoms with Gasteiger partial charge >= 0.3 is 15.6 Å². The van der Waals surface area contributed by atoms with Gasteiger partial charge in [-0.25, -0.2) is 0 Å². The van der Waals surface area contributed by atoms with Crippen molar-refractivity contribution in [1.29, 1.82) is 0 Å². The van der Waals surface area contributed by atoms with Gasteiger partial charge in [0.15, 0.2) is 23.4 Å². The molecule has 0 radical (unpaired) electrons. The monoisotopic (exact) mass is 473 g/mol. The van der Waals surface area contributed by atoms with Gasteiger partial charge in [0.25, 0.3) is 0 Å². The highest BCUT2D eigenvalue weighted by molar-refractivity contribution is 7.88. The van der Waals surface area contributed by atoms with E-state index in [1.807, 2.05) is 0 Å². The minimum absolute atomic E-state index is 0.0646. The lowest BCUT2D eigenvalue weighted by molar-refractivity contribution is -0.188. The number of nitrogens with zero attached hydrogens (tertiary/aromatic N) is 1. The fraction of sp³-hybridized carbons (Fsp3) is 0.571. The molecular formula is C21H22F3NO6S. The van der Waals surface area contributed by atoms with E-state index < -0.39 is 38.5 Å². The van der Waals surface area contributed by atoms with Crippen LogP contribution in [0.4, 0.5) is 13.2 Å². The van der Waals surface area contributed by atoms with Crippen LogP contribution in [0.2, 0.25) is 0 Å². The van der Waals surface area contributed by atoms with Crippen molar-refractivity contribution in [2.45, 2.75) is 60.8 Å². The second-order valence-electron chi connectivity index (χ2n) is 8.85. The van der Waals surface area contributed by atoms with Crippen molar-refractivity contribution in [1.82, 2.24) is 4.90 Å². The van der Waals surface area contributed by atoms with Crippen LogP contribution in [0.25, 0.3) is 0 Å². The van der Waals surface area contributed by atoms with Gasteiger partial charge in [-0.2, -0.15) is 21.6 Å². The van der Waals surface area contributed by atoms with Gasteiger partial charge in [-0.1, -0.05) is 12.1 Å². The summed E-state index contributed by atoms with van der Waals surface area (Å²) in [6, 6.07) is 2.33. The number of hydrogen-bond acceptors (Lipinski definition) is 7. The number of likely N-dealkylation sites (tertiary alicyclic amines) is 1. The van der Waals surface area contributed by atoms with Crippen LogP contribution in [0.3, 0.4) is 0 Å². The molecule has 2 bridgehead atoms. The van der Waals surface area contributed by atoms with Crippen molar-refractivity contribution in [2.75, 3.05) is 13.1 Å². The predicted molar refractivity (Wildman–Crippen MR) is 106 cm³/mol. The van der Waals surface area contributed by atoms with Crippen LogP contribution < -0.4 is 8.92 Å². The van der Waals surface area contributed by atoms with Crippen LogP contribution >= 0.6 is 0 Å². The third-order valence-electron chi connectivity index (χ3n) is 7.46. The summed E-state index contributed by atoms with van der Waals surface area (Å²) >= 11 is 0. The molecule has 2 aliphatic carbocycles. The van der Waals surface area contributed by atoms with Crippen LogP contribution in [-0.4, -0.2) is 60.6 Å². The Morgan fingerprint density at radius 1 is 1.34 bits per heavy atom.